The molecule has 0 aliphatic heterocycles. The smallest absolute Gasteiger partial charge is 0.126 e. The minimum absolute atomic E-state index is 0.612. The number of aromatic nitrogens is 2. The summed E-state index contributed by atoms with van der Waals surface area (Å²) in [6.45, 7) is 4.19. The number of hydrogen-bond acceptors (Lipinski definition) is 3. The van der Waals surface area contributed by atoms with E-state index in [0.717, 1.165) is 28.6 Å². The van der Waals surface area contributed by atoms with Crippen molar-refractivity contribution in [1.29, 1.82) is 0 Å². The van der Waals surface area contributed by atoms with Crippen LogP contribution >= 0.6 is 0 Å². The Morgan fingerprint density at radius 1 is 1.15 bits per heavy atom. The van der Waals surface area contributed by atoms with Gasteiger partial charge in [-0.05, 0) is 36.6 Å². The fraction of sp³-hybridized carbons (Fsp3) is 0.176. The zero-order chi connectivity index (χ0) is 14.1. The molecule has 0 saturated heterocycles. The lowest BCUT2D eigenvalue weighted by molar-refractivity contribution is 1.11. The van der Waals surface area contributed by atoms with Gasteiger partial charge >= 0.3 is 0 Å². The standard InChI is InChI=1S/C17H17N3/c1-3-12-9-13(10-20-17(12)18)15-7-6-11(2)14-5-4-8-19-16(14)15/h4-10H,3H2,1-2H3,(H2,18,20). The zero-order valence-corrected chi connectivity index (χ0v) is 11.7. The quantitative estimate of drug-likeness (QED) is 0.766. The highest BCUT2D eigenvalue weighted by molar-refractivity contribution is 5.95. The van der Waals surface area contributed by atoms with E-state index in [2.05, 4.69) is 48.1 Å². The number of pyridine rings is 2. The summed E-state index contributed by atoms with van der Waals surface area (Å²) >= 11 is 0. The van der Waals surface area contributed by atoms with E-state index in [4.69, 9.17) is 5.73 Å². The number of fused-ring (bicyclic) bond motifs is 1. The molecule has 0 saturated carbocycles. The number of nitrogen functional groups attached to an aromatic ring is 1. The summed E-state index contributed by atoms with van der Waals surface area (Å²) < 4.78 is 0. The summed E-state index contributed by atoms with van der Waals surface area (Å²) in [5, 5.41) is 1.18. The topological polar surface area (TPSA) is 51.8 Å². The Morgan fingerprint density at radius 2 is 2.00 bits per heavy atom. The maximum atomic E-state index is 5.89. The van der Waals surface area contributed by atoms with Crippen molar-refractivity contribution in [3.8, 4) is 11.1 Å². The van der Waals surface area contributed by atoms with Gasteiger partial charge in [0.15, 0.2) is 0 Å². The lowest BCUT2D eigenvalue weighted by atomic mass is 9.99. The normalized spacial score (nSPS) is 10.9. The Bertz CT molecular complexity index is 778. The number of nitrogens with two attached hydrogens (primary N) is 1. The highest BCUT2D eigenvalue weighted by Gasteiger charge is 2.09. The third-order valence-corrected chi connectivity index (χ3v) is 3.68. The lowest BCUT2D eigenvalue weighted by Gasteiger charge is -2.10. The first-order valence-electron chi connectivity index (χ1n) is 6.79. The second-order valence-corrected chi connectivity index (χ2v) is 4.95. The van der Waals surface area contributed by atoms with Gasteiger partial charge in [0.25, 0.3) is 0 Å². The Morgan fingerprint density at radius 3 is 2.80 bits per heavy atom. The number of aryl methyl sites for hydroxylation is 2. The molecule has 0 bridgehead atoms. The third-order valence-electron chi connectivity index (χ3n) is 3.68. The minimum atomic E-state index is 0.612. The van der Waals surface area contributed by atoms with Crippen LogP contribution in [0.25, 0.3) is 22.0 Å². The molecule has 0 spiro atoms. The van der Waals surface area contributed by atoms with Crippen molar-refractivity contribution < 1.29 is 0 Å². The molecule has 3 rings (SSSR count). The Hall–Kier alpha value is -2.42. The highest BCUT2D eigenvalue weighted by atomic mass is 14.8. The Labute approximate surface area is 118 Å². The van der Waals surface area contributed by atoms with Crippen LogP contribution in [-0.4, -0.2) is 9.97 Å². The molecule has 0 amide bonds. The van der Waals surface area contributed by atoms with Gasteiger partial charge in [-0.2, -0.15) is 0 Å². The van der Waals surface area contributed by atoms with Gasteiger partial charge in [0.1, 0.15) is 5.82 Å². The summed E-state index contributed by atoms with van der Waals surface area (Å²) in [4.78, 5) is 8.84. The molecule has 3 nitrogen and oxygen atoms in total. The number of benzene rings is 1. The summed E-state index contributed by atoms with van der Waals surface area (Å²) in [5.74, 6) is 0.612. The van der Waals surface area contributed by atoms with Gasteiger partial charge in [0.05, 0.1) is 5.52 Å². The van der Waals surface area contributed by atoms with Crippen molar-refractivity contribution in [3.63, 3.8) is 0 Å². The van der Waals surface area contributed by atoms with Crippen molar-refractivity contribution in [1.82, 2.24) is 9.97 Å². The summed E-state index contributed by atoms with van der Waals surface area (Å²) in [6, 6.07) is 10.4. The van der Waals surface area contributed by atoms with Gasteiger partial charge in [0.2, 0.25) is 0 Å². The van der Waals surface area contributed by atoms with Crippen molar-refractivity contribution in [2.24, 2.45) is 0 Å². The summed E-state index contributed by atoms with van der Waals surface area (Å²) in [7, 11) is 0. The second-order valence-electron chi connectivity index (χ2n) is 4.95. The summed E-state index contributed by atoms with van der Waals surface area (Å²) in [6.07, 6.45) is 4.54. The molecule has 100 valence electrons. The predicted octanol–water partition coefficient (Wildman–Crippen LogP) is 3.75. The predicted molar refractivity (Wildman–Crippen MR) is 83.5 cm³/mol. The molecule has 2 aromatic heterocycles. The van der Waals surface area contributed by atoms with Crippen molar-refractivity contribution >= 4 is 16.7 Å². The largest absolute Gasteiger partial charge is 0.383 e. The fourth-order valence-electron chi connectivity index (χ4n) is 2.50. The molecular formula is C17H17N3. The fourth-order valence-corrected chi connectivity index (χ4v) is 2.50. The van der Waals surface area contributed by atoms with Gasteiger partial charge in [0, 0.05) is 28.9 Å². The van der Waals surface area contributed by atoms with Crippen LogP contribution in [0, 0.1) is 6.92 Å². The van der Waals surface area contributed by atoms with Crippen LogP contribution in [0.15, 0.2) is 42.7 Å². The van der Waals surface area contributed by atoms with E-state index in [1.807, 2.05) is 18.5 Å². The average Bonchev–Trinajstić information content (AvgIpc) is 2.49. The molecular weight excluding hydrogens is 246 g/mol. The number of anilines is 1. The second kappa shape index (κ2) is 4.93. The van der Waals surface area contributed by atoms with Gasteiger partial charge in [-0.25, -0.2) is 4.98 Å². The van der Waals surface area contributed by atoms with Crippen LogP contribution in [0.1, 0.15) is 18.1 Å². The number of hydrogen-bond donors (Lipinski definition) is 1. The van der Waals surface area contributed by atoms with Crippen molar-refractivity contribution in [2.45, 2.75) is 20.3 Å². The molecule has 3 heteroatoms. The van der Waals surface area contributed by atoms with Crippen LogP contribution in [0.2, 0.25) is 0 Å². The molecule has 3 aromatic rings. The molecule has 0 aliphatic rings. The van der Waals surface area contributed by atoms with Crippen molar-refractivity contribution in [3.05, 3.63) is 53.9 Å². The molecule has 2 heterocycles. The SMILES string of the molecule is CCc1cc(-c2ccc(C)c3cccnc23)cnc1N. The van der Waals surface area contributed by atoms with E-state index in [0.29, 0.717) is 5.82 Å². The minimum Gasteiger partial charge on any atom is -0.383 e. The molecule has 0 aliphatic carbocycles. The first-order valence-corrected chi connectivity index (χ1v) is 6.79. The molecule has 0 unspecified atom stereocenters. The van der Waals surface area contributed by atoms with Crippen LogP contribution in [0.3, 0.4) is 0 Å². The molecule has 20 heavy (non-hydrogen) atoms. The summed E-state index contributed by atoms with van der Waals surface area (Å²) in [5.41, 5.74) is 11.4. The molecule has 1 aromatic carbocycles. The van der Waals surface area contributed by atoms with Crippen LogP contribution < -0.4 is 5.73 Å². The monoisotopic (exact) mass is 263 g/mol. The maximum absolute atomic E-state index is 5.89. The van der Waals surface area contributed by atoms with E-state index in [1.165, 1.54) is 10.9 Å². The van der Waals surface area contributed by atoms with Gasteiger partial charge < -0.3 is 5.73 Å². The lowest BCUT2D eigenvalue weighted by Crippen LogP contribution is -1.97. The van der Waals surface area contributed by atoms with Crippen LogP contribution in [0.5, 0.6) is 0 Å². The third kappa shape index (κ3) is 2.01. The molecule has 0 fully saturated rings. The molecule has 0 atom stereocenters. The number of nitrogens with zero attached hydrogens (tertiary/aromatic N) is 2. The van der Waals surface area contributed by atoms with E-state index in [-0.39, 0.29) is 0 Å². The van der Waals surface area contributed by atoms with Gasteiger partial charge in [-0.3, -0.25) is 4.98 Å². The van der Waals surface area contributed by atoms with Gasteiger partial charge in [-0.1, -0.05) is 25.1 Å². The van der Waals surface area contributed by atoms with Crippen LogP contribution in [-0.2, 0) is 6.42 Å². The first kappa shape index (κ1) is 12.6. The average molecular weight is 263 g/mol. The Kier molecular flexibility index (Phi) is 3.11. The highest BCUT2D eigenvalue weighted by Crippen LogP contribution is 2.30. The van der Waals surface area contributed by atoms with Crippen LogP contribution in [0.4, 0.5) is 5.82 Å². The van der Waals surface area contributed by atoms with E-state index >= 15 is 0 Å². The van der Waals surface area contributed by atoms with E-state index in [1.54, 1.807) is 0 Å². The molecule has 0 radical (unpaired) electrons. The van der Waals surface area contributed by atoms with E-state index in [9.17, 15) is 0 Å². The Balaban J connectivity index is 2.27. The first-order chi connectivity index (χ1) is 9.70. The molecule has 2 N–H and O–H groups in total. The van der Waals surface area contributed by atoms with Crippen molar-refractivity contribution in [2.75, 3.05) is 5.73 Å². The zero-order valence-electron chi connectivity index (χ0n) is 11.7. The van der Waals surface area contributed by atoms with E-state index < -0.39 is 0 Å². The van der Waals surface area contributed by atoms with Gasteiger partial charge in [-0.15, -0.1) is 0 Å². The number of rotatable bonds is 2. The maximum Gasteiger partial charge on any atom is 0.126 e.